The molecule has 0 amide bonds. The molecule has 0 saturated carbocycles. The average molecular weight is 296 g/mol. The molecule has 1 aromatic heterocycles. The highest BCUT2D eigenvalue weighted by atomic mass is 16.1. The van der Waals surface area contributed by atoms with Crippen LogP contribution in [0.1, 0.15) is 24.0 Å². The number of likely N-dealkylation sites (tertiary alicyclic amines) is 1. The van der Waals surface area contributed by atoms with Gasteiger partial charge in [-0.3, -0.25) is 4.79 Å². The molecule has 5 nitrogen and oxygen atoms in total. The molecule has 0 bridgehead atoms. The van der Waals surface area contributed by atoms with Crippen molar-refractivity contribution in [3.8, 4) is 6.07 Å². The van der Waals surface area contributed by atoms with Gasteiger partial charge in [0.05, 0.1) is 11.6 Å². The summed E-state index contributed by atoms with van der Waals surface area (Å²) in [4.78, 5) is 16.7. The number of nitrogens with zero attached hydrogens (tertiary/aromatic N) is 2. The van der Waals surface area contributed by atoms with Gasteiger partial charge in [-0.25, -0.2) is 0 Å². The summed E-state index contributed by atoms with van der Waals surface area (Å²) >= 11 is 0. The zero-order valence-electron chi connectivity index (χ0n) is 12.5. The van der Waals surface area contributed by atoms with E-state index in [1.165, 1.54) is 6.07 Å². The summed E-state index contributed by atoms with van der Waals surface area (Å²) in [5.41, 5.74) is 8.23. The fourth-order valence-electron chi connectivity index (χ4n) is 3.07. The van der Waals surface area contributed by atoms with Gasteiger partial charge in [-0.05, 0) is 56.1 Å². The molecule has 5 heteroatoms. The van der Waals surface area contributed by atoms with Crippen molar-refractivity contribution >= 4 is 10.9 Å². The minimum Gasteiger partial charge on any atom is -0.328 e. The molecule has 1 aliphatic rings. The lowest BCUT2D eigenvalue weighted by Gasteiger charge is -2.30. The second-order valence-corrected chi connectivity index (χ2v) is 5.96. The summed E-state index contributed by atoms with van der Waals surface area (Å²) < 4.78 is 0. The molecule has 2 aromatic rings. The maximum atomic E-state index is 11.5. The number of H-pyrrole nitrogens is 1. The summed E-state index contributed by atoms with van der Waals surface area (Å²) in [6.45, 7) is 3.03. The van der Waals surface area contributed by atoms with Crippen LogP contribution in [-0.2, 0) is 6.42 Å². The Morgan fingerprint density at radius 1 is 1.32 bits per heavy atom. The topological polar surface area (TPSA) is 85.9 Å². The SMILES string of the molecule is N#Cc1cc(CCN2CCC(N)CC2)c2ccc(=O)[nH]c2c1. The maximum Gasteiger partial charge on any atom is 0.248 e. The lowest BCUT2D eigenvalue weighted by molar-refractivity contribution is 0.216. The van der Waals surface area contributed by atoms with Gasteiger partial charge < -0.3 is 15.6 Å². The molecule has 0 atom stereocenters. The highest BCUT2D eigenvalue weighted by molar-refractivity contribution is 5.83. The number of aromatic amines is 1. The Kier molecular flexibility index (Phi) is 4.23. The Hall–Kier alpha value is -2.16. The van der Waals surface area contributed by atoms with E-state index in [0.717, 1.165) is 55.4 Å². The standard InChI is InChI=1S/C17H20N4O/c18-11-12-9-13(3-6-21-7-4-14(19)5-8-21)15-1-2-17(22)20-16(15)10-12/h1-2,9-10,14H,3-8,19H2,(H,20,22). The molecule has 1 saturated heterocycles. The van der Waals surface area contributed by atoms with Gasteiger partial charge in [0.1, 0.15) is 0 Å². The first-order valence-electron chi connectivity index (χ1n) is 7.70. The molecule has 2 heterocycles. The fraction of sp³-hybridized carbons (Fsp3) is 0.412. The quantitative estimate of drug-likeness (QED) is 0.895. The first kappa shape index (κ1) is 14.8. The summed E-state index contributed by atoms with van der Waals surface area (Å²) in [6.07, 6.45) is 2.96. The Morgan fingerprint density at radius 2 is 2.09 bits per heavy atom. The van der Waals surface area contributed by atoms with E-state index in [0.29, 0.717) is 11.6 Å². The molecule has 3 N–H and O–H groups in total. The lowest BCUT2D eigenvalue weighted by atomic mass is 10.0. The van der Waals surface area contributed by atoms with Crippen molar-refractivity contribution in [2.24, 2.45) is 5.73 Å². The molecule has 1 aromatic carbocycles. The predicted molar refractivity (Wildman–Crippen MR) is 86.6 cm³/mol. The molecule has 0 aliphatic carbocycles. The minimum atomic E-state index is -0.140. The van der Waals surface area contributed by atoms with E-state index in [2.05, 4.69) is 16.0 Å². The summed E-state index contributed by atoms with van der Waals surface area (Å²) in [7, 11) is 0. The number of nitrogens with two attached hydrogens (primary N) is 1. The van der Waals surface area contributed by atoms with Gasteiger partial charge in [-0.15, -0.1) is 0 Å². The van der Waals surface area contributed by atoms with Crippen molar-refractivity contribution < 1.29 is 0 Å². The number of rotatable bonds is 3. The molecule has 1 fully saturated rings. The third-order valence-corrected chi connectivity index (χ3v) is 4.38. The van der Waals surface area contributed by atoms with Crippen LogP contribution in [-0.4, -0.2) is 35.6 Å². The van der Waals surface area contributed by atoms with Crippen LogP contribution in [0.15, 0.2) is 29.1 Å². The van der Waals surface area contributed by atoms with E-state index in [4.69, 9.17) is 5.73 Å². The second kappa shape index (κ2) is 6.30. The van der Waals surface area contributed by atoms with Gasteiger partial charge in [-0.2, -0.15) is 5.26 Å². The lowest BCUT2D eigenvalue weighted by Crippen LogP contribution is -2.40. The highest BCUT2D eigenvalue weighted by Gasteiger charge is 2.16. The number of benzene rings is 1. The molecular weight excluding hydrogens is 276 g/mol. The average Bonchev–Trinajstić information content (AvgIpc) is 2.53. The maximum absolute atomic E-state index is 11.5. The van der Waals surface area contributed by atoms with Crippen molar-refractivity contribution in [1.82, 2.24) is 9.88 Å². The normalized spacial score (nSPS) is 16.7. The number of piperidine rings is 1. The van der Waals surface area contributed by atoms with E-state index in [9.17, 15) is 10.1 Å². The van der Waals surface area contributed by atoms with Crippen molar-refractivity contribution in [2.45, 2.75) is 25.3 Å². The van der Waals surface area contributed by atoms with E-state index in [1.807, 2.05) is 12.1 Å². The molecular formula is C17H20N4O. The van der Waals surface area contributed by atoms with Crippen LogP contribution in [0.3, 0.4) is 0 Å². The molecule has 0 spiro atoms. The third-order valence-electron chi connectivity index (χ3n) is 4.38. The first-order valence-corrected chi connectivity index (χ1v) is 7.70. The number of fused-ring (bicyclic) bond motifs is 1. The molecule has 0 unspecified atom stereocenters. The predicted octanol–water partition coefficient (Wildman–Crippen LogP) is 1.37. The molecule has 0 radical (unpaired) electrons. The van der Waals surface area contributed by atoms with Crippen LogP contribution in [0.2, 0.25) is 0 Å². The van der Waals surface area contributed by atoms with Crippen LogP contribution in [0.4, 0.5) is 0 Å². The van der Waals surface area contributed by atoms with Crippen molar-refractivity contribution in [2.75, 3.05) is 19.6 Å². The highest BCUT2D eigenvalue weighted by Crippen LogP contribution is 2.20. The Labute approximate surface area is 129 Å². The number of nitrogens with one attached hydrogen (secondary N) is 1. The van der Waals surface area contributed by atoms with Gasteiger partial charge in [0, 0.05) is 29.6 Å². The first-order chi connectivity index (χ1) is 10.7. The van der Waals surface area contributed by atoms with Crippen LogP contribution in [0.5, 0.6) is 0 Å². The van der Waals surface area contributed by atoms with Crippen LogP contribution < -0.4 is 11.3 Å². The monoisotopic (exact) mass is 296 g/mol. The number of hydrogen-bond donors (Lipinski definition) is 2. The summed E-state index contributed by atoms with van der Waals surface area (Å²) in [5, 5.41) is 10.2. The third kappa shape index (κ3) is 3.19. The second-order valence-electron chi connectivity index (χ2n) is 5.96. The van der Waals surface area contributed by atoms with Gasteiger partial charge in [-0.1, -0.05) is 0 Å². The van der Waals surface area contributed by atoms with Crippen LogP contribution >= 0.6 is 0 Å². The molecule has 114 valence electrons. The zero-order chi connectivity index (χ0) is 15.5. The summed E-state index contributed by atoms with van der Waals surface area (Å²) in [5.74, 6) is 0. The van der Waals surface area contributed by atoms with Gasteiger partial charge in [0.2, 0.25) is 5.56 Å². The number of hydrogen-bond acceptors (Lipinski definition) is 4. The number of pyridine rings is 1. The number of aromatic nitrogens is 1. The van der Waals surface area contributed by atoms with Crippen LogP contribution in [0, 0.1) is 11.3 Å². The van der Waals surface area contributed by atoms with Crippen LogP contribution in [0.25, 0.3) is 10.9 Å². The van der Waals surface area contributed by atoms with Crippen molar-refractivity contribution in [1.29, 1.82) is 5.26 Å². The fourth-order valence-corrected chi connectivity index (χ4v) is 3.07. The van der Waals surface area contributed by atoms with Gasteiger partial charge in [0.15, 0.2) is 0 Å². The Bertz CT molecular complexity index is 766. The summed E-state index contributed by atoms with van der Waals surface area (Å²) in [6, 6.07) is 9.55. The van der Waals surface area contributed by atoms with E-state index in [-0.39, 0.29) is 5.56 Å². The Balaban J connectivity index is 1.83. The van der Waals surface area contributed by atoms with E-state index < -0.39 is 0 Å². The largest absolute Gasteiger partial charge is 0.328 e. The minimum absolute atomic E-state index is 0.140. The Morgan fingerprint density at radius 3 is 2.82 bits per heavy atom. The van der Waals surface area contributed by atoms with E-state index in [1.54, 1.807) is 6.07 Å². The van der Waals surface area contributed by atoms with Crippen molar-refractivity contribution in [3.63, 3.8) is 0 Å². The zero-order valence-corrected chi connectivity index (χ0v) is 12.5. The molecule has 22 heavy (non-hydrogen) atoms. The molecule has 1 aliphatic heterocycles. The van der Waals surface area contributed by atoms with Crippen molar-refractivity contribution in [3.05, 3.63) is 45.7 Å². The number of nitriles is 1. The van der Waals surface area contributed by atoms with E-state index >= 15 is 0 Å². The molecule has 3 rings (SSSR count). The van der Waals surface area contributed by atoms with Gasteiger partial charge >= 0.3 is 0 Å². The van der Waals surface area contributed by atoms with Gasteiger partial charge in [0.25, 0.3) is 0 Å². The smallest absolute Gasteiger partial charge is 0.248 e.